The number of thiazole rings is 1. The van der Waals surface area contributed by atoms with Crippen LogP contribution in [-0.2, 0) is 6.18 Å². The van der Waals surface area contributed by atoms with Crippen molar-refractivity contribution in [2.45, 2.75) is 12.2 Å². The second kappa shape index (κ2) is 5.19. The van der Waals surface area contributed by atoms with Crippen LogP contribution in [0.25, 0.3) is 0 Å². The van der Waals surface area contributed by atoms with Crippen LogP contribution in [0.1, 0.15) is 21.5 Å². The standard InChI is InChI=1S/C10H8F4N4S/c11-6-1-5(2-16-3-6)8(18-15)7-4-17-9(19-7)10(12,13)14/h1-4,8,18H,15H2. The second-order valence-electron chi connectivity index (χ2n) is 3.60. The zero-order valence-corrected chi connectivity index (χ0v) is 10.1. The number of aromatic nitrogens is 2. The molecule has 0 amide bonds. The van der Waals surface area contributed by atoms with Gasteiger partial charge >= 0.3 is 6.18 Å². The lowest BCUT2D eigenvalue weighted by Crippen LogP contribution is -2.28. The largest absolute Gasteiger partial charge is 0.443 e. The third kappa shape index (κ3) is 3.06. The van der Waals surface area contributed by atoms with E-state index in [-0.39, 0.29) is 4.88 Å². The van der Waals surface area contributed by atoms with Gasteiger partial charge in [0.2, 0.25) is 0 Å². The zero-order chi connectivity index (χ0) is 14.0. The minimum atomic E-state index is -4.51. The number of nitrogens with two attached hydrogens (primary N) is 1. The van der Waals surface area contributed by atoms with Crippen LogP contribution in [-0.4, -0.2) is 9.97 Å². The number of hydrazine groups is 1. The van der Waals surface area contributed by atoms with Crippen molar-refractivity contribution in [2.24, 2.45) is 5.84 Å². The van der Waals surface area contributed by atoms with Crippen LogP contribution < -0.4 is 11.3 Å². The number of halogens is 4. The minimum Gasteiger partial charge on any atom is -0.271 e. The zero-order valence-electron chi connectivity index (χ0n) is 9.28. The smallest absolute Gasteiger partial charge is 0.271 e. The number of hydrogen-bond acceptors (Lipinski definition) is 5. The third-order valence-corrected chi connectivity index (χ3v) is 3.38. The Balaban J connectivity index is 2.35. The molecule has 0 bridgehead atoms. The molecule has 0 aromatic carbocycles. The number of alkyl halides is 3. The van der Waals surface area contributed by atoms with Gasteiger partial charge in [-0.3, -0.25) is 10.8 Å². The summed E-state index contributed by atoms with van der Waals surface area (Å²) < 4.78 is 50.4. The third-order valence-electron chi connectivity index (χ3n) is 2.28. The van der Waals surface area contributed by atoms with Crippen molar-refractivity contribution < 1.29 is 17.6 Å². The molecule has 19 heavy (non-hydrogen) atoms. The van der Waals surface area contributed by atoms with E-state index >= 15 is 0 Å². The highest BCUT2D eigenvalue weighted by Gasteiger charge is 2.35. The molecule has 1 atom stereocenters. The molecule has 4 nitrogen and oxygen atoms in total. The molecule has 0 aliphatic heterocycles. The summed E-state index contributed by atoms with van der Waals surface area (Å²) in [5.41, 5.74) is 2.64. The fraction of sp³-hybridized carbons (Fsp3) is 0.200. The van der Waals surface area contributed by atoms with E-state index in [2.05, 4.69) is 15.4 Å². The number of nitrogens with one attached hydrogen (secondary N) is 1. The van der Waals surface area contributed by atoms with Gasteiger partial charge in [0.05, 0.1) is 12.2 Å². The first-order valence-electron chi connectivity index (χ1n) is 5.01. The lowest BCUT2D eigenvalue weighted by Gasteiger charge is -2.13. The molecule has 0 spiro atoms. The normalized spacial score (nSPS) is 13.5. The Morgan fingerprint density at radius 2 is 2.00 bits per heavy atom. The minimum absolute atomic E-state index is 0.224. The van der Waals surface area contributed by atoms with Gasteiger partial charge in [0.1, 0.15) is 5.82 Å². The highest BCUT2D eigenvalue weighted by atomic mass is 32.1. The first-order valence-corrected chi connectivity index (χ1v) is 5.83. The summed E-state index contributed by atoms with van der Waals surface area (Å²) in [6, 6.07) is 0.349. The number of nitrogens with zero attached hydrogens (tertiary/aromatic N) is 2. The summed E-state index contributed by atoms with van der Waals surface area (Å²) in [7, 11) is 0. The van der Waals surface area contributed by atoms with E-state index in [1.165, 1.54) is 6.20 Å². The van der Waals surface area contributed by atoms with Gasteiger partial charge in [0.25, 0.3) is 0 Å². The monoisotopic (exact) mass is 292 g/mol. The highest BCUT2D eigenvalue weighted by molar-refractivity contribution is 7.11. The van der Waals surface area contributed by atoms with E-state index in [1.807, 2.05) is 0 Å². The molecule has 2 aromatic rings. The molecule has 2 aromatic heterocycles. The van der Waals surface area contributed by atoms with Gasteiger partial charge in [-0.15, -0.1) is 11.3 Å². The van der Waals surface area contributed by atoms with Crippen LogP contribution >= 0.6 is 11.3 Å². The molecule has 0 fully saturated rings. The average molecular weight is 292 g/mol. The molecule has 2 heterocycles. The molecular weight excluding hydrogens is 284 g/mol. The average Bonchev–Trinajstić information content (AvgIpc) is 2.79. The Morgan fingerprint density at radius 1 is 1.26 bits per heavy atom. The lowest BCUT2D eigenvalue weighted by atomic mass is 10.1. The molecule has 3 N–H and O–H groups in total. The van der Waals surface area contributed by atoms with E-state index in [9.17, 15) is 17.6 Å². The van der Waals surface area contributed by atoms with Crippen molar-refractivity contribution in [2.75, 3.05) is 0 Å². The maximum absolute atomic E-state index is 13.1. The maximum atomic E-state index is 13.1. The molecule has 1 unspecified atom stereocenters. The molecule has 0 saturated carbocycles. The summed E-state index contributed by atoms with van der Waals surface area (Å²) in [6.45, 7) is 0. The van der Waals surface area contributed by atoms with Crippen molar-refractivity contribution in [1.29, 1.82) is 0 Å². The number of pyridine rings is 1. The Bertz CT molecular complexity index is 569. The van der Waals surface area contributed by atoms with Crippen molar-refractivity contribution >= 4 is 11.3 Å². The highest BCUT2D eigenvalue weighted by Crippen LogP contribution is 2.35. The first kappa shape index (κ1) is 13.8. The Morgan fingerprint density at radius 3 is 2.53 bits per heavy atom. The van der Waals surface area contributed by atoms with Gasteiger partial charge in [-0.2, -0.15) is 13.2 Å². The molecule has 102 valence electrons. The fourth-order valence-electron chi connectivity index (χ4n) is 1.48. The quantitative estimate of drug-likeness (QED) is 0.517. The molecule has 9 heteroatoms. The van der Waals surface area contributed by atoms with Gasteiger partial charge in [-0.25, -0.2) is 14.8 Å². The van der Waals surface area contributed by atoms with Crippen LogP contribution in [0, 0.1) is 5.82 Å². The van der Waals surface area contributed by atoms with E-state index in [0.717, 1.165) is 18.5 Å². The summed E-state index contributed by atoms with van der Waals surface area (Å²) >= 11 is 0.444. The summed E-state index contributed by atoms with van der Waals surface area (Å²) in [4.78, 5) is 7.14. The summed E-state index contributed by atoms with van der Waals surface area (Å²) in [5, 5.41) is -0.980. The lowest BCUT2D eigenvalue weighted by molar-refractivity contribution is -0.137. The molecule has 2 rings (SSSR count). The van der Waals surface area contributed by atoms with Gasteiger partial charge in [0.15, 0.2) is 5.01 Å². The Hall–Kier alpha value is -1.58. The van der Waals surface area contributed by atoms with Gasteiger partial charge in [-0.1, -0.05) is 0 Å². The van der Waals surface area contributed by atoms with Crippen LogP contribution in [0.15, 0.2) is 24.7 Å². The van der Waals surface area contributed by atoms with Crippen molar-refractivity contribution in [3.63, 3.8) is 0 Å². The van der Waals surface area contributed by atoms with Crippen LogP contribution in [0.3, 0.4) is 0 Å². The van der Waals surface area contributed by atoms with Crippen molar-refractivity contribution in [3.8, 4) is 0 Å². The molecule has 0 aliphatic carbocycles. The predicted octanol–water partition coefficient (Wildman–Crippen LogP) is 2.25. The van der Waals surface area contributed by atoms with Gasteiger partial charge < -0.3 is 0 Å². The predicted molar refractivity (Wildman–Crippen MR) is 60.5 cm³/mol. The molecule has 0 aliphatic rings. The maximum Gasteiger partial charge on any atom is 0.443 e. The van der Waals surface area contributed by atoms with E-state index in [0.29, 0.717) is 16.9 Å². The first-order chi connectivity index (χ1) is 8.91. The topological polar surface area (TPSA) is 63.8 Å². The van der Waals surface area contributed by atoms with E-state index in [1.54, 1.807) is 0 Å². The molecule has 0 radical (unpaired) electrons. The SMILES string of the molecule is NNC(c1cncc(F)c1)c1cnc(C(F)(F)F)s1. The fourth-order valence-corrected chi connectivity index (χ4v) is 2.35. The van der Waals surface area contributed by atoms with Crippen molar-refractivity contribution in [3.05, 3.63) is 45.9 Å². The van der Waals surface area contributed by atoms with Crippen LogP contribution in [0.2, 0.25) is 0 Å². The Kier molecular flexibility index (Phi) is 3.78. The number of rotatable bonds is 3. The molecule has 0 saturated heterocycles. The second-order valence-corrected chi connectivity index (χ2v) is 4.66. The summed E-state index contributed by atoms with van der Waals surface area (Å²) in [6.07, 6.45) is -1.14. The Labute approximate surface area is 109 Å². The summed E-state index contributed by atoms with van der Waals surface area (Å²) in [5.74, 6) is 4.70. The van der Waals surface area contributed by atoms with Crippen molar-refractivity contribution in [1.82, 2.24) is 15.4 Å². The van der Waals surface area contributed by atoms with E-state index in [4.69, 9.17) is 5.84 Å². The number of hydrogen-bond donors (Lipinski definition) is 2. The van der Waals surface area contributed by atoms with E-state index < -0.39 is 23.0 Å². The van der Waals surface area contributed by atoms with Crippen LogP contribution in [0.5, 0.6) is 0 Å². The molecular formula is C10H8F4N4S. The van der Waals surface area contributed by atoms with Gasteiger partial charge in [0, 0.05) is 17.3 Å². The van der Waals surface area contributed by atoms with Crippen LogP contribution in [0.4, 0.5) is 17.6 Å². The van der Waals surface area contributed by atoms with Gasteiger partial charge in [-0.05, 0) is 11.6 Å².